The number of fused-ring (bicyclic) bond motifs is 1. The van der Waals surface area contributed by atoms with Gasteiger partial charge in [-0.05, 0) is 62.2 Å². The Hall–Kier alpha value is -4.40. The third-order valence-electron chi connectivity index (χ3n) is 5.94. The van der Waals surface area contributed by atoms with E-state index in [4.69, 9.17) is 19.6 Å². The van der Waals surface area contributed by atoms with Gasteiger partial charge in [0.05, 0.1) is 19.9 Å². The van der Waals surface area contributed by atoms with Crippen LogP contribution in [0, 0.1) is 13.8 Å². The molecule has 186 valence electrons. The van der Waals surface area contributed by atoms with Crippen LogP contribution in [0.1, 0.15) is 30.3 Å². The molecule has 0 spiro atoms. The van der Waals surface area contributed by atoms with E-state index in [2.05, 4.69) is 10.6 Å². The van der Waals surface area contributed by atoms with Crippen molar-refractivity contribution in [3.63, 3.8) is 0 Å². The molecule has 0 unspecified atom stereocenters. The summed E-state index contributed by atoms with van der Waals surface area (Å²) >= 11 is 0. The van der Waals surface area contributed by atoms with Crippen molar-refractivity contribution in [3.8, 4) is 22.8 Å². The fourth-order valence-electron chi connectivity index (χ4n) is 4.13. The lowest BCUT2D eigenvalue weighted by molar-refractivity contribution is -0.116. The van der Waals surface area contributed by atoms with Crippen molar-refractivity contribution in [2.75, 3.05) is 24.9 Å². The van der Waals surface area contributed by atoms with Crippen LogP contribution in [0.25, 0.3) is 16.9 Å². The Bertz CT molecular complexity index is 1430. The van der Waals surface area contributed by atoms with E-state index < -0.39 is 0 Å². The Morgan fingerprint density at radius 2 is 1.64 bits per heavy atom. The average molecular weight is 488 g/mol. The zero-order valence-electron chi connectivity index (χ0n) is 21.0. The van der Waals surface area contributed by atoms with Crippen molar-refractivity contribution in [2.24, 2.45) is 0 Å². The number of hydrogen-bond donors (Lipinski definition) is 2. The summed E-state index contributed by atoms with van der Waals surface area (Å²) in [6.45, 7) is 5.38. The topological polar surface area (TPSA) is 107 Å². The van der Waals surface area contributed by atoms with Crippen LogP contribution in [0.2, 0.25) is 0 Å². The van der Waals surface area contributed by atoms with Crippen LogP contribution in [0.15, 0.2) is 48.5 Å². The Morgan fingerprint density at radius 1 is 0.944 bits per heavy atom. The molecule has 0 aliphatic carbocycles. The summed E-state index contributed by atoms with van der Waals surface area (Å²) in [5.41, 5.74) is 6.43. The van der Waals surface area contributed by atoms with Crippen LogP contribution >= 0.6 is 0 Å². The van der Waals surface area contributed by atoms with Gasteiger partial charge in [0, 0.05) is 53.8 Å². The Balaban J connectivity index is 1.51. The van der Waals surface area contributed by atoms with Gasteiger partial charge in [-0.1, -0.05) is 0 Å². The van der Waals surface area contributed by atoms with Crippen molar-refractivity contribution in [2.45, 2.75) is 33.6 Å². The zero-order valence-corrected chi connectivity index (χ0v) is 21.0. The molecule has 0 radical (unpaired) electrons. The number of benzene rings is 2. The number of rotatable bonds is 8. The van der Waals surface area contributed by atoms with Crippen LogP contribution in [-0.4, -0.2) is 40.6 Å². The molecule has 0 saturated heterocycles. The lowest BCUT2D eigenvalue weighted by Gasteiger charge is -2.11. The maximum Gasteiger partial charge on any atom is 0.224 e. The van der Waals surface area contributed by atoms with E-state index in [0.717, 1.165) is 33.9 Å². The first-order chi connectivity index (χ1) is 17.3. The van der Waals surface area contributed by atoms with Gasteiger partial charge in [-0.15, -0.1) is 0 Å². The van der Waals surface area contributed by atoms with E-state index >= 15 is 0 Å². The molecule has 9 heteroatoms. The minimum Gasteiger partial charge on any atom is -0.497 e. The summed E-state index contributed by atoms with van der Waals surface area (Å²) in [5.74, 6) is 1.11. The Kier molecular flexibility index (Phi) is 7.19. The van der Waals surface area contributed by atoms with Crippen LogP contribution in [-0.2, 0) is 16.0 Å². The number of amides is 2. The number of methoxy groups -OCH3 is 2. The molecule has 0 bridgehead atoms. The number of nitrogens with zero attached hydrogens (tertiary/aromatic N) is 3. The molecule has 2 amide bonds. The second-order valence-corrected chi connectivity index (χ2v) is 8.43. The zero-order chi connectivity index (χ0) is 25.8. The number of hydrogen-bond acceptors (Lipinski definition) is 6. The first kappa shape index (κ1) is 24.7. The Labute approximate surface area is 209 Å². The van der Waals surface area contributed by atoms with E-state index in [9.17, 15) is 9.59 Å². The highest BCUT2D eigenvalue weighted by Crippen LogP contribution is 2.33. The minimum atomic E-state index is -0.143. The molecule has 9 nitrogen and oxygen atoms in total. The first-order valence-corrected chi connectivity index (χ1v) is 11.5. The molecule has 2 heterocycles. The number of aryl methyl sites for hydroxylation is 2. The van der Waals surface area contributed by atoms with Gasteiger partial charge in [-0.2, -0.15) is 5.10 Å². The van der Waals surface area contributed by atoms with Gasteiger partial charge in [0.1, 0.15) is 11.5 Å². The van der Waals surface area contributed by atoms with Gasteiger partial charge in [0.2, 0.25) is 11.8 Å². The van der Waals surface area contributed by atoms with E-state index in [1.54, 1.807) is 43.0 Å². The molecule has 4 rings (SSSR count). The molecule has 4 aromatic rings. The van der Waals surface area contributed by atoms with Crippen molar-refractivity contribution < 1.29 is 19.1 Å². The number of ether oxygens (including phenoxy) is 2. The van der Waals surface area contributed by atoms with Crippen molar-refractivity contribution >= 4 is 28.8 Å². The van der Waals surface area contributed by atoms with Crippen LogP contribution in [0.4, 0.5) is 11.4 Å². The van der Waals surface area contributed by atoms with Gasteiger partial charge >= 0.3 is 0 Å². The van der Waals surface area contributed by atoms with E-state index in [1.807, 2.05) is 38.1 Å². The molecule has 0 atom stereocenters. The highest BCUT2D eigenvalue weighted by molar-refractivity contribution is 5.92. The molecule has 2 aromatic carbocycles. The molecule has 0 saturated carbocycles. The number of aromatic nitrogens is 3. The monoisotopic (exact) mass is 487 g/mol. The van der Waals surface area contributed by atoms with Gasteiger partial charge in [0.15, 0.2) is 5.65 Å². The quantitative estimate of drug-likeness (QED) is 0.377. The van der Waals surface area contributed by atoms with Crippen molar-refractivity contribution in [1.82, 2.24) is 14.6 Å². The number of nitrogens with one attached hydrogen (secondary N) is 2. The normalized spacial score (nSPS) is 10.8. The van der Waals surface area contributed by atoms with E-state index in [-0.39, 0.29) is 11.8 Å². The van der Waals surface area contributed by atoms with Crippen molar-refractivity contribution in [1.29, 1.82) is 0 Å². The summed E-state index contributed by atoms with van der Waals surface area (Å²) in [5, 5.41) is 10.4. The molecule has 2 aromatic heterocycles. The van der Waals surface area contributed by atoms with E-state index in [0.29, 0.717) is 35.7 Å². The minimum absolute atomic E-state index is 0.106. The van der Waals surface area contributed by atoms with Crippen LogP contribution in [0.3, 0.4) is 0 Å². The second kappa shape index (κ2) is 10.5. The van der Waals surface area contributed by atoms with Gasteiger partial charge in [-0.25, -0.2) is 9.50 Å². The lowest BCUT2D eigenvalue weighted by Crippen LogP contribution is -2.14. The summed E-state index contributed by atoms with van der Waals surface area (Å²) in [6.07, 6.45) is 0.820. The summed E-state index contributed by atoms with van der Waals surface area (Å²) in [6, 6.07) is 14.5. The highest BCUT2D eigenvalue weighted by atomic mass is 16.5. The molecule has 2 N–H and O–H groups in total. The third-order valence-corrected chi connectivity index (χ3v) is 5.94. The SMILES string of the molecule is COc1ccc(-c2cc3nc(C)c(CCC(=O)Nc4ccc(NC(C)=O)cc4)c(C)n3n2)c(OC)c1. The predicted molar refractivity (Wildman–Crippen MR) is 139 cm³/mol. The predicted octanol–water partition coefficient (Wildman–Crippen LogP) is 4.56. The number of carbonyl (C=O) groups excluding carboxylic acids is 2. The summed E-state index contributed by atoms with van der Waals surface area (Å²) in [4.78, 5) is 28.5. The largest absolute Gasteiger partial charge is 0.497 e. The highest BCUT2D eigenvalue weighted by Gasteiger charge is 2.17. The molecule has 0 aliphatic heterocycles. The average Bonchev–Trinajstić information content (AvgIpc) is 3.28. The first-order valence-electron chi connectivity index (χ1n) is 11.5. The fraction of sp³-hybridized carbons (Fsp3) is 0.259. The lowest BCUT2D eigenvalue weighted by atomic mass is 10.1. The fourth-order valence-corrected chi connectivity index (χ4v) is 4.13. The molecule has 36 heavy (non-hydrogen) atoms. The third kappa shape index (κ3) is 5.30. The maximum atomic E-state index is 12.6. The maximum absolute atomic E-state index is 12.6. The van der Waals surface area contributed by atoms with Crippen LogP contribution in [0.5, 0.6) is 11.5 Å². The molecule has 0 fully saturated rings. The van der Waals surface area contributed by atoms with Gasteiger partial charge < -0.3 is 20.1 Å². The van der Waals surface area contributed by atoms with Crippen molar-refractivity contribution in [3.05, 3.63) is 65.5 Å². The smallest absolute Gasteiger partial charge is 0.224 e. The van der Waals surface area contributed by atoms with E-state index in [1.165, 1.54) is 6.92 Å². The summed E-state index contributed by atoms with van der Waals surface area (Å²) in [7, 11) is 3.23. The molecular formula is C27H29N5O4. The molecule has 0 aliphatic rings. The number of carbonyl (C=O) groups is 2. The standard InChI is InChI=1S/C27H29N5O4/c1-16-22(12-13-27(34)30-20-8-6-19(7-9-20)29-18(3)33)17(2)32-26(28-16)15-24(31-32)23-11-10-21(35-4)14-25(23)36-5/h6-11,14-15H,12-13H2,1-5H3,(H,29,33)(H,30,34). The van der Waals surface area contributed by atoms with Gasteiger partial charge in [0.25, 0.3) is 0 Å². The Morgan fingerprint density at radius 3 is 2.28 bits per heavy atom. The summed E-state index contributed by atoms with van der Waals surface area (Å²) < 4.78 is 12.6. The van der Waals surface area contributed by atoms with Crippen LogP contribution < -0.4 is 20.1 Å². The molecular weight excluding hydrogens is 458 g/mol. The number of anilines is 2. The van der Waals surface area contributed by atoms with Gasteiger partial charge in [-0.3, -0.25) is 9.59 Å². The second-order valence-electron chi connectivity index (χ2n) is 8.43.